The van der Waals surface area contributed by atoms with Crippen molar-refractivity contribution in [3.63, 3.8) is 0 Å². The van der Waals surface area contributed by atoms with E-state index in [2.05, 4.69) is 36.1 Å². The van der Waals surface area contributed by atoms with Gasteiger partial charge in [0.25, 0.3) is 11.8 Å². The van der Waals surface area contributed by atoms with E-state index in [1.165, 1.54) is 23.8 Å². The summed E-state index contributed by atoms with van der Waals surface area (Å²) in [5.74, 6) is -2.10. The summed E-state index contributed by atoms with van der Waals surface area (Å²) in [4.78, 5) is 58.2. The highest BCUT2D eigenvalue weighted by Crippen LogP contribution is 2.42. The smallest absolute Gasteiger partial charge is 0.352 e. The van der Waals surface area contributed by atoms with E-state index in [4.69, 9.17) is 15.3 Å². The van der Waals surface area contributed by atoms with Crippen LogP contribution >= 0.6 is 39.0 Å². The molecule has 3 aliphatic rings. The first kappa shape index (κ1) is 30.8. The number of oxime groups is 1. The van der Waals surface area contributed by atoms with Crippen LogP contribution in [0.15, 0.2) is 21.8 Å². The molecule has 2 amide bonds. The zero-order valence-electron chi connectivity index (χ0n) is 21.8. The number of aromatic nitrogens is 1. The number of nitrogen functional groups attached to an aromatic ring is 1. The molecule has 4 N–H and O–H groups in total. The van der Waals surface area contributed by atoms with Gasteiger partial charge < -0.3 is 30.5 Å². The number of esters is 1. The van der Waals surface area contributed by atoms with Crippen molar-refractivity contribution >= 4 is 73.6 Å². The Morgan fingerprint density at radius 1 is 1.38 bits per heavy atom. The Kier molecular flexibility index (Phi) is 10.4. The number of hydrogen-bond acceptors (Lipinski definition) is 12. The zero-order valence-corrected chi connectivity index (χ0v) is 25.0. The summed E-state index contributed by atoms with van der Waals surface area (Å²) in [6.45, 7) is 6.03. The number of amides is 2. The number of thiazole rings is 1. The van der Waals surface area contributed by atoms with Crippen molar-refractivity contribution in [2.45, 2.75) is 51.1 Å². The molecule has 0 saturated carbocycles. The highest BCUT2D eigenvalue weighted by atomic mass is 79.9. The number of fused-ring (bicyclic) bond motifs is 1. The van der Waals surface area contributed by atoms with Gasteiger partial charge in [0.15, 0.2) is 10.8 Å². The molecule has 3 atom stereocenters. The molecule has 1 aromatic rings. The minimum Gasteiger partial charge on any atom is -0.477 e. The van der Waals surface area contributed by atoms with Gasteiger partial charge in [-0.2, -0.15) is 0 Å². The molecule has 0 aliphatic carbocycles. The minimum atomic E-state index is -1.18. The maximum absolute atomic E-state index is 12.8. The van der Waals surface area contributed by atoms with Crippen LogP contribution < -0.4 is 11.1 Å². The molecule has 16 heteroatoms. The number of rotatable bonds is 7. The van der Waals surface area contributed by atoms with E-state index in [1.807, 2.05) is 20.8 Å². The summed E-state index contributed by atoms with van der Waals surface area (Å²) in [7, 11) is 1.28. The normalized spacial score (nSPS) is 22.8. The Labute approximate surface area is 241 Å². The van der Waals surface area contributed by atoms with Crippen molar-refractivity contribution in [1.82, 2.24) is 15.2 Å². The third-order valence-electron chi connectivity index (χ3n) is 5.77. The van der Waals surface area contributed by atoms with Crippen molar-refractivity contribution in [3.05, 3.63) is 22.3 Å². The number of nitrogens with one attached hydrogen (secondary N) is 1. The number of β-lactam (4-membered cyclic amide) rings is 1. The number of carbonyl (C=O) groups excluding carboxylic acids is 3. The first-order valence-corrected chi connectivity index (χ1v) is 14.8. The molecular weight excluding hydrogens is 618 g/mol. The number of hydrogen-bond donors (Lipinski definition) is 3. The Balaban J connectivity index is 0.000000403. The number of alkyl halides is 1. The van der Waals surface area contributed by atoms with Gasteiger partial charge in [0.05, 0.1) is 11.5 Å². The Bertz CT molecular complexity index is 1180. The number of anilines is 1. The molecule has 3 aliphatic heterocycles. The number of ether oxygens (including phenoxy) is 2. The molecule has 4 rings (SSSR count). The quantitative estimate of drug-likeness (QED) is 0.129. The molecular formula is C23H30BrN5O8S2. The monoisotopic (exact) mass is 647 g/mol. The van der Waals surface area contributed by atoms with Gasteiger partial charge in [0, 0.05) is 17.7 Å². The molecule has 0 spiro atoms. The highest BCUT2D eigenvalue weighted by molar-refractivity contribution is 9.09. The minimum absolute atomic E-state index is 0.0424. The fourth-order valence-electron chi connectivity index (χ4n) is 3.91. The average molecular weight is 649 g/mol. The van der Waals surface area contributed by atoms with Crippen LogP contribution in [-0.2, 0) is 33.5 Å². The van der Waals surface area contributed by atoms with Crippen molar-refractivity contribution in [2.24, 2.45) is 10.6 Å². The van der Waals surface area contributed by atoms with Crippen LogP contribution in [0.2, 0.25) is 0 Å². The predicted molar refractivity (Wildman–Crippen MR) is 148 cm³/mol. The fraction of sp³-hybridized carbons (Fsp3) is 0.565. The predicted octanol–water partition coefficient (Wildman–Crippen LogP) is 1.92. The standard InChI is InChI=1S/C17H19N5O6S2.C6H11BrO2/c1-27-21-10(8-6-30-17(18)19-8)13(23)20-11-14(24)22-12(16(25)26)7(5-29-15(11)22)9-3-2-4-28-9;1-6(2,3)5(8)9-4-7/h6,9,11,15H,2-5H2,1H3,(H2,18,19)(H,20,23)(H,25,26);4H2,1-3H3/b21-10-;/t9-,11+,15+;/m0./s1. The summed E-state index contributed by atoms with van der Waals surface area (Å²) in [6.07, 6.45) is 1.29. The Morgan fingerprint density at radius 3 is 2.59 bits per heavy atom. The zero-order chi connectivity index (χ0) is 28.9. The SMILES string of the molecule is CC(C)(C)C(=O)OCBr.CO/N=C(\C(=O)N[C@@H]1C(=O)N2C(C(=O)O)=C([C@@H]3CCCO3)CS[C@H]12)c1csc(N)n1. The summed E-state index contributed by atoms with van der Waals surface area (Å²) in [6, 6.07) is -0.888. The third-order valence-corrected chi connectivity index (χ3v) is 7.97. The number of carboxylic acids is 1. The number of halogens is 1. The van der Waals surface area contributed by atoms with Gasteiger partial charge in [0.2, 0.25) is 0 Å². The lowest BCUT2D eigenvalue weighted by Crippen LogP contribution is -2.71. The average Bonchev–Trinajstić information content (AvgIpc) is 3.56. The topological polar surface area (TPSA) is 183 Å². The van der Waals surface area contributed by atoms with Crippen LogP contribution in [0.3, 0.4) is 0 Å². The van der Waals surface area contributed by atoms with Crippen LogP contribution in [0.4, 0.5) is 5.13 Å². The van der Waals surface area contributed by atoms with Crippen LogP contribution in [0, 0.1) is 5.41 Å². The third kappa shape index (κ3) is 7.10. The van der Waals surface area contributed by atoms with Gasteiger partial charge in [0.1, 0.15) is 35.4 Å². The van der Waals surface area contributed by atoms with E-state index >= 15 is 0 Å². The maximum Gasteiger partial charge on any atom is 0.352 e. The largest absolute Gasteiger partial charge is 0.477 e. The van der Waals surface area contributed by atoms with E-state index in [0.717, 1.165) is 24.2 Å². The summed E-state index contributed by atoms with van der Waals surface area (Å²) >= 11 is 5.53. The fourth-order valence-corrected chi connectivity index (χ4v) is 6.07. The summed E-state index contributed by atoms with van der Waals surface area (Å²) < 4.78 is 10.3. The van der Waals surface area contributed by atoms with Crippen molar-refractivity contribution in [3.8, 4) is 0 Å². The van der Waals surface area contributed by atoms with Gasteiger partial charge in [-0.1, -0.05) is 5.16 Å². The lowest BCUT2D eigenvalue weighted by atomic mass is 9.98. The van der Waals surface area contributed by atoms with Gasteiger partial charge in [-0.25, -0.2) is 9.78 Å². The number of carbonyl (C=O) groups is 4. The molecule has 0 radical (unpaired) electrons. The Hall–Kier alpha value is -2.69. The second-order valence-electron chi connectivity index (χ2n) is 9.53. The van der Waals surface area contributed by atoms with Crippen LogP contribution in [0.5, 0.6) is 0 Å². The second kappa shape index (κ2) is 13.1. The lowest BCUT2D eigenvalue weighted by molar-refractivity contribution is -0.150. The molecule has 2 saturated heterocycles. The number of carboxylic acid groups (broad SMARTS) is 1. The van der Waals surface area contributed by atoms with Gasteiger partial charge >= 0.3 is 11.9 Å². The van der Waals surface area contributed by atoms with E-state index in [-0.39, 0.29) is 45.2 Å². The molecule has 214 valence electrons. The van der Waals surface area contributed by atoms with E-state index in [9.17, 15) is 24.3 Å². The van der Waals surface area contributed by atoms with E-state index < -0.39 is 29.2 Å². The first-order valence-electron chi connectivity index (χ1n) is 11.8. The van der Waals surface area contributed by atoms with Crippen molar-refractivity contribution in [2.75, 3.05) is 30.7 Å². The number of thioether (sulfide) groups is 1. The summed E-state index contributed by atoms with van der Waals surface area (Å²) in [5, 5.41) is 17.3. The van der Waals surface area contributed by atoms with Gasteiger partial charge in [-0.05, 0) is 55.1 Å². The molecule has 1 aromatic heterocycles. The molecule has 0 aromatic carbocycles. The second-order valence-corrected chi connectivity index (χ2v) is 12.0. The lowest BCUT2D eigenvalue weighted by Gasteiger charge is -2.49. The van der Waals surface area contributed by atoms with Gasteiger partial charge in [-0.15, -0.1) is 23.1 Å². The van der Waals surface area contributed by atoms with Gasteiger partial charge in [-0.3, -0.25) is 19.3 Å². The van der Waals surface area contributed by atoms with Crippen LogP contribution in [0.1, 0.15) is 39.3 Å². The first-order chi connectivity index (χ1) is 18.4. The Morgan fingerprint density at radius 2 is 2.10 bits per heavy atom. The van der Waals surface area contributed by atoms with Crippen molar-refractivity contribution in [1.29, 1.82) is 0 Å². The summed E-state index contributed by atoms with van der Waals surface area (Å²) in [5.41, 5.74) is 6.19. The van der Waals surface area contributed by atoms with Crippen molar-refractivity contribution < 1.29 is 38.6 Å². The number of nitrogens with two attached hydrogens (primary N) is 1. The van der Waals surface area contributed by atoms with E-state index in [1.54, 1.807) is 5.38 Å². The highest BCUT2D eigenvalue weighted by Gasteiger charge is 2.55. The van der Waals surface area contributed by atoms with Crippen LogP contribution in [-0.4, -0.2) is 87.0 Å². The number of nitrogens with zero attached hydrogens (tertiary/aromatic N) is 3. The number of aliphatic carboxylic acids is 1. The molecule has 0 bridgehead atoms. The molecule has 13 nitrogen and oxygen atoms in total. The van der Waals surface area contributed by atoms with E-state index in [0.29, 0.717) is 17.9 Å². The van der Waals surface area contributed by atoms with Crippen LogP contribution in [0.25, 0.3) is 0 Å². The molecule has 39 heavy (non-hydrogen) atoms. The molecule has 4 heterocycles. The maximum atomic E-state index is 12.8. The molecule has 2 fully saturated rings. The molecule has 0 unspecified atom stereocenters.